The van der Waals surface area contributed by atoms with Crippen LogP contribution in [0.5, 0.6) is 0 Å². The zero-order chi connectivity index (χ0) is 13.0. The second-order valence-corrected chi connectivity index (χ2v) is 11.8. The van der Waals surface area contributed by atoms with E-state index >= 15 is 0 Å². The third kappa shape index (κ3) is 4.52. The molecule has 0 saturated heterocycles. The Hall–Kier alpha value is -0.573. The Kier molecular flexibility index (Phi) is 5.46. The molecule has 0 heterocycles. The smallest absolute Gasteiger partial charge is 0.306 e. The molecule has 0 aliphatic rings. The van der Waals surface area contributed by atoms with Crippen molar-refractivity contribution >= 4 is 14.0 Å². The third-order valence-corrected chi connectivity index (χ3v) is 9.40. The van der Waals surface area contributed by atoms with E-state index in [4.69, 9.17) is 4.74 Å². The summed E-state index contributed by atoms with van der Waals surface area (Å²) in [4.78, 5) is 11.3. The van der Waals surface area contributed by atoms with Crippen LogP contribution in [0, 0.1) is 5.92 Å². The van der Waals surface area contributed by atoms with Gasteiger partial charge in [-0.05, 0) is 11.0 Å². The fraction of sp³-hybridized carbons (Fsp3) is 0.769. The zero-order valence-corrected chi connectivity index (χ0v) is 12.6. The van der Waals surface area contributed by atoms with Gasteiger partial charge in [0.25, 0.3) is 0 Å². The molecule has 0 aliphatic heterocycles. The molecular weight excluding hydrogens is 216 g/mol. The van der Waals surface area contributed by atoms with Crippen molar-refractivity contribution in [2.24, 2.45) is 5.92 Å². The Morgan fingerprint density at radius 3 is 2.25 bits per heavy atom. The van der Waals surface area contributed by atoms with Crippen LogP contribution in [-0.2, 0) is 9.53 Å². The molecule has 0 bridgehead atoms. The summed E-state index contributed by atoms with van der Waals surface area (Å²) in [5, 5.41) is 0.352. The van der Waals surface area contributed by atoms with E-state index in [0.29, 0.717) is 11.5 Å². The highest BCUT2D eigenvalue weighted by Gasteiger charge is 2.36. The predicted molar refractivity (Wildman–Crippen MR) is 72.3 cm³/mol. The van der Waals surface area contributed by atoms with Crippen LogP contribution in [0.1, 0.15) is 27.2 Å². The summed E-state index contributed by atoms with van der Waals surface area (Å²) in [6.45, 7) is 15.4. The summed E-state index contributed by atoms with van der Waals surface area (Å²) in [6.07, 6.45) is 2.37. The van der Waals surface area contributed by atoms with Crippen molar-refractivity contribution < 1.29 is 9.53 Å². The summed E-state index contributed by atoms with van der Waals surface area (Å²) < 4.78 is 4.71. The minimum Gasteiger partial charge on any atom is -0.469 e. The molecule has 2 nitrogen and oxygen atoms in total. The Balaban J connectivity index is 4.54. The van der Waals surface area contributed by atoms with Crippen LogP contribution in [0.25, 0.3) is 0 Å². The molecule has 0 radical (unpaired) electrons. The number of carbonyl (C=O) groups is 1. The summed E-state index contributed by atoms with van der Waals surface area (Å²) >= 11 is 0. The van der Waals surface area contributed by atoms with Gasteiger partial charge in [0.2, 0.25) is 0 Å². The van der Waals surface area contributed by atoms with E-state index in [1.54, 1.807) is 0 Å². The van der Waals surface area contributed by atoms with Crippen molar-refractivity contribution in [1.29, 1.82) is 0 Å². The number of esters is 1. The number of ether oxygens (including phenoxy) is 1. The molecule has 1 atom stereocenters. The maximum Gasteiger partial charge on any atom is 0.306 e. The molecule has 3 heteroatoms. The van der Waals surface area contributed by atoms with Gasteiger partial charge >= 0.3 is 5.97 Å². The molecule has 0 spiro atoms. The number of rotatable bonds is 5. The van der Waals surface area contributed by atoms with Crippen molar-refractivity contribution in [3.63, 3.8) is 0 Å². The van der Waals surface area contributed by atoms with Gasteiger partial charge in [-0.25, -0.2) is 0 Å². The number of carbonyl (C=O) groups excluding carboxylic acids is 1. The molecule has 0 aromatic heterocycles. The van der Waals surface area contributed by atoms with Gasteiger partial charge in [-0.2, -0.15) is 0 Å². The average molecular weight is 242 g/mol. The fourth-order valence-corrected chi connectivity index (χ4v) is 3.73. The largest absolute Gasteiger partial charge is 0.469 e. The van der Waals surface area contributed by atoms with Crippen molar-refractivity contribution in [1.82, 2.24) is 0 Å². The first kappa shape index (κ1) is 15.4. The molecule has 94 valence electrons. The first-order chi connectivity index (χ1) is 7.14. The third-order valence-electron chi connectivity index (χ3n) is 3.79. The van der Waals surface area contributed by atoms with E-state index in [0.717, 1.165) is 6.04 Å². The lowest BCUT2D eigenvalue weighted by atomic mass is 10.1. The van der Waals surface area contributed by atoms with Gasteiger partial charge in [-0.15, -0.1) is 6.58 Å². The summed E-state index contributed by atoms with van der Waals surface area (Å²) in [5.41, 5.74) is 0. The molecule has 16 heavy (non-hydrogen) atoms. The lowest BCUT2D eigenvalue weighted by Gasteiger charge is -2.38. The molecule has 0 saturated carbocycles. The minimum atomic E-state index is -1.35. The highest BCUT2D eigenvalue weighted by Crippen LogP contribution is 2.41. The number of allylic oxidation sites excluding steroid dienone is 1. The number of hydrogen-bond donors (Lipinski definition) is 0. The summed E-state index contributed by atoms with van der Waals surface area (Å²) in [7, 11) is 0.0917. The Bertz CT molecular complexity index is 251. The summed E-state index contributed by atoms with van der Waals surface area (Å²) in [5.74, 6) is 0.122. The summed E-state index contributed by atoms with van der Waals surface area (Å²) in [6, 6.07) is 1.09. The van der Waals surface area contributed by atoms with Crippen LogP contribution < -0.4 is 0 Å². The van der Waals surface area contributed by atoms with Crippen LogP contribution in [0.15, 0.2) is 12.7 Å². The maximum absolute atomic E-state index is 11.3. The Labute approximate surface area is 101 Å². The quantitative estimate of drug-likeness (QED) is 0.416. The van der Waals surface area contributed by atoms with Gasteiger partial charge in [-0.3, -0.25) is 4.79 Å². The van der Waals surface area contributed by atoms with E-state index < -0.39 is 8.07 Å². The molecule has 0 N–H and O–H groups in total. The zero-order valence-electron chi connectivity index (χ0n) is 11.6. The van der Waals surface area contributed by atoms with Crippen molar-refractivity contribution in [3.05, 3.63) is 12.7 Å². The Morgan fingerprint density at radius 2 is 1.94 bits per heavy atom. The van der Waals surface area contributed by atoms with Crippen LogP contribution in [0.3, 0.4) is 0 Å². The molecule has 0 fully saturated rings. The van der Waals surface area contributed by atoms with Gasteiger partial charge in [0.05, 0.1) is 21.6 Å². The Morgan fingerprint density at radius 1 is 1.44 bits per heavy atom. The van der Waals surface area contributed by atoms with E-state index in [1.807, 2.05) is 6.08 Å². The number of hydrogen-bond acceptors (Lipinski definition) is 2. The predicted octanol–water partition coefficient (Wildman–Crippen LogP) is 3.86. The minimum absolute atomic E-state index is 0.136. The van der Waals surface area contributed by atoms with E-state index in [1.165, 1.54) is 7.11 Å². The monoisotopic (exact) mass is 242 g/mol. The van der Waals surface area contributed by atoms with Gasteiger partial charge in [0, 0.05) is 0 Å². The van der Waals surface area contributed by atoms with Crippen molar-refractivity contribution in [2.45, 2.75) is 51.4 Å². The fourth-order valence-electron chi connectivity index (χ4n) is 1.50. The lowest BCUT2D eigenvalue weighted by molar-refractivity contribution is -0.141. The van der Waals surface area contributed by atoms with E-state index in [2.05, 4.69) is 40.4 Å². The van der Waals surface area contributed by atoms with E-state index in [9.17, 15) is 4.79 Å². The molecule has 0 amide bonds. The van der Waals surface area contributed by atoms with Gasteiger partial charge < -0.3 is 4.74 Å². The second-order valence-electron chi connectivity index (χ2n) is 6.11. The molecular formula is C13H26O2Si. The molecule has 0 aliphatic carbocycles. The SMILES string of the molecule is C=C[C@H](CC(=O)OC)C[Si](C)(C)C(C)(C)C. The highest BCUT2D eigenvalue weighted by molar-refractivity contribution is 6.80. The molecule has 0 aromatic rings. The number of methoxy groups -OCH3 is 1. The molecule has 0 unspecified atom stereocenters. The van der Waals surface area contributed by atoms with Gasteiger partial charge in [0.1, 0.15) is 0 Å². The van der Waals surface area contributed by atoms with Crippen LogP contribution in [0.2, 0.25) is 24.2 Å². The molecule has 0 aromatic carbocycles. The van der Waals surface area contributed by atoms with Crippen LogP contribution in [0.4, 0.5) is 0 Å². The van der Waals surface area contributed by atoms with Crippen molar-refractivity contribution in [3.8, 4) is 0 Å². The molecule has 0 rings (SSSR count). The first-order valence-corrected chi connectivity index (χ1v) is 9.04. The van der Waals surface area contributed by atoms with Crippen LogP contribution >= 0.6 is 0 Å². The average Bonchev–Trinajstić information content (AvgIpc) is 2.14. The van der Waals surface area contributed by atoms with Crippen molar-refractivity contribution in [2.75, 3.05) is 7.11 Å². The second kappa shape index (κ2) is 5.67. The maximum atomic E-state index is 11.3. The van der Waals surface area contributed by atoms with E-state index in [-0.39, 0.29) is 11.9 Å². The van der Waals surface area contributed by atoms with Crippen LogP contribution in [-0.4, -0.2) is 21.2 Å². The topological polar surface area (TPSA) is 26.3 Å². The lowest BCUT2D eigenvalue weighted by Crippen LogP contribution is -2.38. The van der Waals surface area contributed by atoms with Gasteiger partial charge in [-0.1, -0.05) is 46.0 Å². The normalized spacial score (nSPS) is 14.4. The first-order valence-electron chi connectivity index (χ1n) is 5.83. The van der Waals surface area contributed by atoms with Gasteiger partial charge in [0.15, 0.2) is 0 Å². The standard InChI is InChI=1S/C13H26O2Si/c1-8-11(9-12(14)15-5)10-16(6,7)13(2,3)4/h8,11H,1,9-10H2,2-7H3/t11-/m1/s1. The highest BCUT2D eigenvalue weighted by atomic mass is 28.3.